The molecule has 188 valence electrons. The largest absolute Gasteiger partial charge is 0.349 e. The second kappa shape index (κ2) is 9.02. The molecule has 0 radical (unpaired) electrons. The zero-order chi connectivity index (χ0) is 24.2. The van der Waals surface area contributed by atoms with Crippen molar-refractivity contribution in [2.75, 3.05) is 10.2 Å². The predicted molar refractivity (Wildman–Crippen MR) is 145 cm³/mol. The van der Waals surface area contributed by atoms with Gasteiger partial charge in [-0.1, -0.05) is 44.4 Å². The minimum absolute atomic E-state index is 0.0797. The Hall–Kier alpha value is -2.66. The summed E-state index contributed by atoms with van der Waals surface area (Å²) in [5.41, 5.74) is 2.67. The summed E-state index contributed by atoms with van der Waals surface area (Å²) < 4.78 is 0. The van der Waals surface area contributed by atoms with E-state index in [1.54, 1.807) is 6.20 Å². The molecular weight excluding hydrogens is 444 g/mol. The van der Waals surface area contributed by atoms with Crippen LogP contribution in [0.4, 0.5) is 11.4 Å². The smallest absolute Gasteiger partial charge is 0.275 e. The number of anilines is 2. The number of pyridine rings is 1. The molecule has 4 unspecified atom stereocenters. The first-order chi connectivity index (χ1) is 17.6. The topological polar surface area (TPSA) is 48.5 Å². The third-order valence-electron chi connectivity index (χ3n) is 9.86. The van der Waals surface area contributed by atoms with Gasteiger partial charge in [-0.3, -0.25) is 14.7 Å². The van der Waals surface area contributed by atoms with Gasteiger partial charge in [0.25, 0.3) is 5.91 Å². The molecule has 4 bridgehead atoms. The Morgan fingerprint density at radius 3 is 2.25 bits per heavy atom. The molecule has 4 atom stereocenters. The van der Waals surface area contributed by atoms with Gasteiger partial charge in [-0.15, -0.1) is 0 Å². The molecule has 5 aliphatic rings. The number of nitrogens with zero attached hydrogens (tertiary/aromatic N) is 3. The van der Waals surface area contributed by atoms with E-state index in [0.717, 1.165) is 47.3 Å². The summed E-state index contributed by atoms with van der Waals surface area (Å²) >= 11 is 0. The summed E-state index contributed by atoms with van der Waals surface area (Å²) in [5.74, 6) is 1.99. The van der Waals surface area contributed by atoms with E-state index in [0.29, 0.717) is 23.1 Å². The first-order valence-electron chi connectivity index (χ1n) is 14.3. The SMILES string of the molecule is C=c1ccc(=C2Nc3ccccc3N(C3CC4CCCC(C3)N4C3CC4CCCC(C4)C3)C2=O)cn1. The highest BCUT2D eigenvalue weighted by atomic mass is 16.2. The van der Waals surface area contributed by atoms with Crippen molar-refractivity contribution >= 4 is 29.6 Å². The van der Waals surface area contributed by atoms with Crippen molar-refractivity contribution in [3.63, 3.8) is 0 Å². The van der Waals surface area contributed by atoms with Gasteiger partial charge in [0.2, 0.25) is 0 Å². The molecule has 4 heterocycles. The monoisotopic (exact) mass is 482 g/mol. The van der Waals surface area contributed by atoms with Crippen LogP contribution in [0.5, 0.6) is 0 Å². The molecule has 5 nitrogen and oxygen atoms in total. The average Bonchev–Trinajstić information content (AvgIpc) is 2.88. The summed E-state index contributed by atoms with van der Waals surface area (Å²) in [7, 11) is 0. The van der Waals surface area contributed by atoms with Crippen molar-refractivity contribution in [3.05, 3.63) is 53.2 Å². The van der Waals surface area contributed by atoms with Crippen molar-refractivity contribution in [3.8, 4) is 0 Å². The molecule has 36 heavy (non-hydrogen) atoms. The van der Waals surface area contributed by atoms with Crippen LogP contribution in [0.1, 0.15) is 70.6 Å². The normalized spacial score (nSPS) is 35.7. The van der Waals surface area contributed by atoms with Crippen molar-refractivity contribution in [2.24, 2.45) is 11.8 Å². The number of benzene rings is 1. The fourth-order valence-corrected chi connectivity index (χ4v) is 8.47. The fraction of sp³-hybridized carbons (Fsp3) is 0.548. The average molecular weight is 483 g/mol. The number of carbonyl (C=O) groups excluding carboxylic acids is 1. The van der Waals surface area contributed by atoms with Gasteiger partial charge in [0.1, 0.15) is 5.70 Å². The number of amides is 1. The zero-order valence-electron chi connectivity index (χ0n) is 21.2. The van der Waals surface area contributed by atoms with Gasteiger partial charge in [0, 0.05) is 35.6 Å². The molecule has 1 aromatic heterocycles. The first-order valence-corrected chi connectivity index (χ1v) is 14.3. The molecule has 1 aromatic carbocycles. The predicted octanol–water partition coefficient (Wildman–Crippen LogP) is 4.41. The van der Waals surface area contributed by atoms with Gasteiger partial charge in [-0.25, -0.2) is 0 Å². The lowest BCUT2D eigenvalue weighted by Gasteiger charge is -2.56. The maximum Gasteiger partial charge on any atom is 0.275 e. The maximum atomic E-state index is 14.1. The number of hydrogen-bond acceptors (Lipinski definition) is 4. The molecule has 5 heteroatoms. The maximum absolute atomic E-state index is 14.1. The Balaban J connectivity index is 1.21. The van der Waals surface area contributed by atoms with Crippen molar-refractivity contribution in [1.29, 1.82) is 0 Å². The van der Waals surface area contributed by atoms with Crippen LogP contribution in [0, 0.1) is 11.8 Å². The number of nitrogens with one attached hydrogen (secondary N) is 1. The lowest BCUT2D eigenvalue weighted by molar-refractivity contribution is -0.115. The lowest BCUT2D eigenvalue weighted by Crippen LogP contribution is -2.62. The summed E-state index contributed by atoms with van der Waals surface area (Å²) in [4.78, 5) is 23.6. The molecule has 0 spiro atoms. The van der Waals surface area contributed by atoms with Crippen molar-refractivity contribution in [1.82, 2.24) is 9.88 Å². The van der Waals surface area contributed by atoms with E-state index in [4.69, 9.17) is 0 Å². The molecular formula is C31H38N4O. The highest BCUT2D eigenvalue weighted by Crippen LogP contribution is 2.47. The number of aromatic nitrogens is 1. The highest BCUT2D eigenvalue weighted by molar-refractivity contribution is 6.27. The van der Waals surface area contributed by atoms with E-state index in [9.17, 15) is 4.79 Å². The van der Waals surface area contributed by atoms with Crippen LogP contribution in [0.3, 0.4) is 0 Å². The van der Waals surface area contributed by atoms with E-state index in [2.05, 4.69) is 44.9 Å². The molecule has 7 rings (SSSR count). The molecule has 1 amide bonds. The number of para-hydroxylation sites is 2. The van der Waals surface area contributed by atoms with Crippen LogP contribution in [0.2, 0.25) is 0 Å². The Kier molecular flexibility index (Phi) is 5.65. The van der Waals surface area contributed by atoms with Gasteiger partial charge < -0.3 is 10.2 Å². The molecule has 2 saturated carbocycles. The standard InChI is InChI=1S/C31H38N4O/c1-20-12-13-23(19-32-20)30-31(36)35(29-11-3-2-10-28(29)33-30)27-17-24-8-5-9-25(18-27)34(24)26-15-21-6-4-7-22(14-21)16-26/h2-3,10-13,19,21-22,24-27,33H,1,4-9,14-18H2. The van der Waals surface area contributed by atoms with Crippen LogP contribution in [0.15, 0.2) is 42.6 Å². The molecule has 2 aliphatic carbocycles. The summed E-state index contributed by atoms with van der Waals surface area (Å²) in [6.45, 7) is 3.91. The van der Waals surface area contributed by atoms with Crippen LogP contribution < -0.4 is 20.8 Å². The first kappa shape index (κ1) is 22.5. The van der Waals surface area contributed by atoms with E-state index in [-0.39, 0.29) is 11.9 Å². The second-order valence-corrected chi connectivity index (χ2v) is 12.1. The van der Waals surface area contributed by atoms with Gasteiger partial charge >= 0.3 is 0 Å². The molecule has 4 fully saturated rings. The number of carbonyl (C=O) groups is 1. The molecule has 1 N–H and O–H groups in total. The lowest BCUT2D eigenvalue weighted by atomic mass is 9.68. The minimum Gasteiger partial charge on any atom is -0.349 e. The zero-order valence-corrected chi connectivity index (χ0v) is 21.2. The van der Waals surface area contributed by atoms with Gasteiger partial charge in [-0.2, -0.15) is 0 Å². The summed E-state index contributed by atoms with van der Waals surface area (Å²) in [6.07, 6.45) is 16.5. The van der Waals surface area contributed by atoms with Gasteiger partial charge in [0.05, 0.1) is 16.7 Å². The summed E-state index contributed by atoms with van der Waals surface area (Å²) in [5, 5.41) is 4.99. The van der Waals surface area contributed by atoms with Crippen molar-refractivity contribution in [2.45, 2.75) is 94.8 Å². The molecule has 2 saturated heterocycles. The Bertz CT molecular complexity index is 1220. The van der Waals surface area contributed by atoms with Gasteiger partial charge in [0.15, 0.2) is 0 Å². The fourth-order valence-electron chi connectivity index (χ4n) is 8.47. The van der Waals surface area contributed by atoms with E-state index in [1.807, 2.05) is 18.2 Å². The third-order valence-corrected chi connectivity index (χ3v) is 9.86. The van der Waals surface area contributed by atoms with Crippen LogP contribution >= 0.6 is 0 Å². The molecule has 2 aromatic rings. The molecule has 3 aliphatic heterocycles. The number of hydrogen-bond donors (Lipinski definition) is 1. The van der Waals surface area contributed by atoms with Crippen molar-refractivity contribution < 1.29 is 4.79 Å². The highest BCUT2D eigenvalue weighted by Gasteiger charge is 2.47. The number of fused-ring (bicyclic) bond motifs is 5. The third kappa shape index (κ3) is 3.87. The van der Waals surface area contributed by atoms with E-state index >= 15 is 0 Å². The van der Waals surface area contributed by atoms with Crippen LogP contribution in [0.25, 0.3) is 12.3 Å². The minimum atomic E-state index is 0.0797. The Morgan fingerprint density at radius 1 is 0.806 bits per heavy atom. The second-order valence-electron chi connectivity index (χ2n) is 12.1. The van der Waals surface area contributed by atoms with E-state index in [1.165, 1.54) is 57.8 Å². The number of piperidine rings is 2. The van der Waals surface area contributed by atoms with Crippen LogP contribution in [-0.2, 0) is 4.79 Å². The summed E-state index contributed by atoms with van der Waals surface area (Å²) in [6, 6.07) is 14.4. The van der Waals surface area contributed by atoms with E-state index < -0.39 is 0 Å². The Labute approximate surface area is 214 Å². The quantitative estimate of drug-likeness (QED) is 0.689. The van der Waals surface area contributed by atoms with Gasteiger partial charge in [-0.05, 0) is 81.0 Å². The Morgan fingerprint density at radius 2 is 1.53 bits per heavy atom. The van der Waals surface area contributed by atoms with Crippen LogP contribution in [-0.4, -0.2) is 40.0 Å². The number of rotatable bonds is 2.